The number of para-hydroxylation sites is 1. The predicted molar refractivity (Wildman–Crippen MR) is 89.2 cm³/mol. The van der Waals surface area contributed by atoms with Gasteiger partial charge in [0, 0.05) is 26.6 Å². The van der Waals surface area contributed by atoms with Crippen LogP contribution < -0.4 is 20.7 Å². The highest BCUT2D eigenvalue weighted by atomic mass is 19.1. The van der Waals surface area contributed by atoms with Crippen molar-refractivity contribution in [3.05, 3.63) is 30.1 Å². The summed E-state index contributed by atoms with van der Waals surface area (Å²) in [5.74, 6) is 0.393. The Morgan fingerprint density at radius 2 is 1.96 bits per heavy atom. The van der Waals surface area contributed by atoms with Crippen molar-refractivity contribution < 1.29 is 13.9 Å². The topological polar surface area (TPSA) is 74.8 Å². The minimum absolute atomic E-state index is 0.0688. The van der Waals surface area contributed by atoms with Crippen LogP contribution in [-0.4, -0.2) is 44.1 Å². The SMILES string of the molecule is CCNC(=NCC(C)Oc1ccccc1F)NCCNC(C)=O. The summed E-state index contributed by atoms with van der Waals surface area (Å²) in [5.41, 5.74) is 0. The second-order valence-corrected chi connectivity index (χ2v) is 4.99. The second-order valence-electron chi connectivity index (χ2n) is 4.99. The van der Waals surface area contributed by atoms with Crippen LogP contribution in [0.1, 0.15) is 20.8 Å². The van der Waals surface area contributed by atoms with Gasteiger partial charge in [-0.15, -0.1) is 0 Å². The van der Waals surface area contributed by atoms with Crippen LogP contribution in [0.25, 0.3) is 0 Å². The standard InChI is InChI=1S/C16H25FN4O2/c1-4-18-16(20-10-9-19-13(3)22)21-11-12(2)23-15-8-6-5-7-14(15)17/h5-8,12H,4,9-11H2,1-3H3,(H,19,22)(H2,18,20,21). The first-order valence-electron chi connectivity index (χ1n) is 7.70. The molecular formula is C16H25FN4O2. The van der Waals surface area contributed by atoms with E-state index in [0.29, 0.717) is 32.1 Å². The molecule has 1 aromatic rings. The van der Waals surface area contributed by atoms with Crippen molar-refractivity contribution in [3.63, 3.8) is 0 Å². The number of hydrogen-bond donors (Lipinski definition) is 3. The molecule has 0 bridgehead atoms. The molecule has 1 atom stereocenters. The minimum atomic E-state index is -0.385. The molecule has 0 radical (unpaired) electrons. The van der Waals surface area contributed by atoms with E-state index in [-0.39, 0.29) is 23.6 Å². The Morgan fingerprint density at radius 1 is 1.26 bits per heavy atom. The van der Waals surface area contributed by atoms with Crippen LogP contribution in [-0.2, 0) is 4.79 Å². The third-order valence-corrected chi connectivity index (χ3v) is 2.81. The van der Waals surface area contributed by atoms with Crippen LogP contribution in [0.5, 0.6) is 5.75 Å². The summed E-state index contributed by atoms with van der Waals surface area (Å²) in [6, 6.07) is 6.29. The van der Waals surface area contributed by atoms with Gasteiger partial charge in [0.1, 0.15) is 6.10 Å². The van der Waals surface area contributed by atoms with Gasteiger partial charge >= 0.3 is 0 Å². The van der Waals surface area contributed by atoms with E-state index in [9.17, 15) is 9.18 Å². The Kier molecular flexibility index (Phi) is 8.49. The number of amides is 1. The van der Waals surface area contributed by atoms with E-state index >= 15 is 0 Å². The number of nitrogens with zero attached hydrogens (tertiary/aromatic N) is 1. The normalized spacial score (nSPS) is 12.4. The van der Waals surface area contributed by atoms with Gasteiger partial charge in [0.05, 0.1) is 6.54 Å². The van der Waals surface area contributed by atoms with Crippen molar-refractivity contribution in [1.82, 2.24) is 16.0 Å². The molecule has 1 aromatic carbocycles. The molecule has 0 aliphatic carbocycles. The molecule has 1 rings (SSSR count). The molecule has 0 saturated carbocycles. The van der Waals surface area contributed by atoms with Crippen LogP contribution in [0.4, 0.5) is 4.39 Å². The van der Waals surface area contributed by atoms with Crippen LogP contribution in [0, 0.1) is 5.82 Å². The molecule has 0 aliphatic heterocycles. The molecular weight excluding hydrogens is 299 g/mol. The number of ether oxygens (including phenoxy) is 1. The Hall–Kier alpha value is -2.31. The lowest BCUT2D eigenvalue weighted by Crippen LogP contribution is -2.41. The van der Waals surface area contributed by atoms with Crippen molar-refractivity contribution >= 4 is 11.9 Å². The van der Waals surface area contributed by atoms with Crippen LogP contribution >= 0.6 is 0 Å². The maximum absolute atomic E-state index is 13.5. The quantitative estimate of drug-likeness (QED) is 0.383. The largest absolute Gasteiger partial charge is 0.486 e. The van der Waals surface area contributed by atoms with Crippen molar-refractivity contribution in [3.8, 4) is 5.75 Å². The zero-order chi connectivity index (χ0) is 17.1. The monoisotopic (exact) mass is 324 g/mol. The van der Waals surface area contributed by atoms with Crippen LogP contribution in [0.3, 0.4) is 0 Å². The Balaban J connectivity index is 2.45. The fraction of sp³-hybridized carbons (Fsp3) is 0.500. The third-order valence-electron chi connectivity index (χ3n) is 2.81. The lowest BCUT2D eigenvalue weighted by Gasteiger charge is -2.15. The molecule has 128 valence electrons. The molecule has 1 amide bonds. The van der Waals surface area contributed by atoms with Crippen molar-refractivity contribution in [2.24, 2.45) is 4.99 Å². The third kappa shape index (κ3) is 8.04. The number of hydrogen-bond acceptors (Lipinski definition) is 3. The number of rotatable bonds is 8. The van der Waals surface area contributed by atoms with Crippen molar-refractivity contribution in [2.45, 2.75) is 26.9 Å². The van der Waals surface area contributed by atoms with Gasteiger partial charge in [-0.25, -0.2) is 9.38 Å². The average Bonchev–Trinajstić information content (AvgIpc) is 2.51. The second kappa shape index (κ2) is 10.4. The van der Waals surface area contributed by atoms with Gasteiger partial charge in [-0.3, -0.25) is 4.79 Å². The lowest BCUT2D eigenvalue weighted by atomic mass is 10.3. The number of aliphatic imine (C=N–C) groups is 1. The van der Waals surface area contributed by atoms with Gasteiger partial charge in [0.2, 0.25) is 5.91 Å². The molecule has 0 saturated heterocycles. The van der Waals surface area contributed by atoms with Crippen molar-refractivity contribution in [1.29, 1.82) is 0 Å². The number of guanidine groups is 1. The van der Waals surface area contributed by atoms with E-state index in [1.165, 1.54) is 13.0 Å². The first kappa shape index (κ1) is 18.7. The van der Waals surface area contributed by atoms with E-state index in [1.54, 1.807) is 18.2 Å². The summed E-state index contributed by atoms with van der Waals surface area (Å²) in [6.07, 6.45) is -0.266. The highest BCUT2D eigenvalue weighted by molar-refractivity contribution is 5.79. The number of halogens is 1. The molecule has 7 heteroatoms. The van der Waals surface area contributed by atoms with E-state index in [1.807, 2.05) is 13.8 Å². The molecule has 3 N–H and O–H groups in total. The summed E-state index contributed by atoms with van der Waals surface area (Å²) in [7, 11) is 0. The fourth-order valence-electron chi connectivity index (χ4n) is 1.78. The minimum Gasteiger partial charge on any atom is -0.486 e. The summed E-state index contributed by atoms with van der Waals surface area (Å²) in [6.45, 7) is 7.44. The Labute approximate surface area is 136 Å². The summed E-state index contributed by atoms with van der Waals surface area (Å²) >= 11 is 0. The zero-order valence-electron chi connectivity index (χ0n) is 13.9. The molecule has 0 aromatic heterocycles. The van der Waals surface area contributed by atoms with E-state index in [2.05, 4.69) is 20.9 Å². The first-order chi connectivity index (χ1) is 11.0. The predicted octanol–water partition coefficient (Wildman–Crippen LogP) is 1.28. The molecule has 0 aliphatic rings. The molecule has 0 spiro atoms. The van der Waals surface area contributed by atoms with Gasteiger partial charge in [-0.2, -0.15) is 0 Å². The molecule has 1 unspecified atom stereocenters. The van der Waals surface area contributed by atoms with E-state index < -0.39 is 0 Å². The number of nitrogens with one attached hydrogen (secondary N) is 3. The van der Waals surface area contributed by atoms with Crippen LogP contribution in [0.2, 0.25) is 0 Å². The molecule has 0 fully saturated rings. The fourth-order valence-corrected chi connectivity index (χ4v) is 1.78. The van der Waals surface area contributed by atoms with Gasteiger partial charge in [0.25, 0.3) is 0 Å². The first-order valence-corrected chi connectivity index (χ1v) is 7.70. The summed E-state index contributed by atoms with van der Waals surface area (Å²) in [4.78, 5) is 15.2. The van der Waals surface area contributed by atoms with E-state index in [4.69, 9.17) is 4.74 Å². The highest BCUT2D eigenvalue weighted by Gasteiger charge is 2.08. The maximum Gasteiger partial charge on any atom is 0.216 e. The van der Waals surface area contributed by atoms with E-state index in [0.717, 1.165) is 0 Å². The Bertz CT molecular complexity index is 523. The summed E-state index contributed by atoms with van der Waals surface area (Å²) in [5, 5.41) is 8.90. The number of carbonyl (C=O) groups is 1. The lowest BCUT2D eigenvalue weighted by molar-refractivity contribution is -0.118. The van der Waals surface area contributed by atoms with Gasteiger partial charge < -0.3 is 20.7 Å². The number of benzene rings is 1. The van der Waals surface area contributed by atoms with Gasteiger partial charge in [-0.1, -0.05) is 12.1 Å². The van der Waals surface area contributed by atoms with Crippen LogP contribution in [0.15, 0.2) is 29.3 Å². The number of carbonyl (C=O) groups excluding carboxylic acids is 1. The molecule has 0 heterocycles. The zero-order valence-corrected chi connectivity index (χ0v) is 13.9. The Morgan fingerprint density at radius 3 is 2.61 bits per heavy atom. The van der Waals surface area contributed by atoms with Gasteiger partial charge in [-0.05, 0) is 26.0 Å². The van der Waals surface area contributed by atoms with Crippen molar-refractivity contribution in [2.75, 3.05) is 26.2 Å². The summed E-state index contributed by atoms with van der Waals surface area (Å²) < 4.78 is 19.1. The highest BCUT2D eigenvalue weighted by Crippen LogP contribution is 2.16. The smallest absolute Gasteiger partial charge is 0.216 e. The molecule has 23 heavy (non-hydrogen) atoms. The average molecular weight is 324 g/mol. The van der Waals surface area contributed by atoms with Gasteiger partial charge in [0.15, 0.2) is 17.5 Å². The maximum atomic E-state index is 13.5. The molecule has 6 nitrogen and oxygen atoms in total.